The van der Waals surface area contributed by atoms with Crippen molar-refractivity contribution in [2.24, 2.45) is 17.8 Å². The SMILES string of the molecule is Cc1ccc(N2CCC2C(=O)CC(CC2CC2)C(=O)NC(CC(C)C)B(O)O)cc1. The average Bonchev–Trinajstić information content (AvgIpc) is 3.45. The minimum atomic E-state index is -1.60. The summed E-state index contributed by atoms with van der Waals surface area (Å²) in [5, 5.41) is 22.1. The second kappa shape index (κ2) is 9.97. The first-order valence-corrected chi connectivity index (χ1v) is 11.3. The van der Waals surface area contributed by atoms with Gasteiger partial charge >= 0.3 is 7.12 Å². The number of anilines is 1. The zero-order valence-corrected chi connectivity index (χ0v) is 18.4. The van der Waals surface area contributed by atoms with Crippen LogP contribution in [0.1, 0.15) is 57.9 Å². The normalized spacial score (nSPS) is 20.5. The Kier molecular flexibility index (Phi) is 7.58. The van der Waals surface area contributed by atoms with Gasteiger partial charge in [0.1, 0.15) is 0 Å². The van der Waals surface area contributed by atoms with E-state index in [1.807, 2.05) is 45.0 Å². The standard InChI is InChI=1S/C23H35BN2O4/c1-15(2)12-22(24(29)30)25-23(28)18(13-17-6-7-17)14-21(27)20-10-11-26(20)19-8-4-16(3)5-9-19/h4-5,8-9,15,17-18,20,22,29-30H,6-7,10-14H2,1-3H3,(H,25,28). The Hall–Kier alpha value is -1.86. The van der Waals surface area contributed by atoms with Crippen molar-refractivity contribution < 1.29 is 19.6 Å². The molecule has 0 spiro atoms. The minimum Gasteiger partial charge on any atom is -0.426 e. The van der Waals surface area contributed by atoms with E-state index >= 15 is 0 Å². The van der Waals surface area contributed by atoms with Gasteiger partial charge in [-0.15, -0.1) is 0 Å². The lowest BCUT2D eigenvalue weighted by Gasteiger charge is -2.42. The van der Waals surface area contributed by atoms with Crippen LogP contribution in [0.4, 0.5) is 5.69 Å². The van der Waals surface area contributed by atoms with Crippen LogP contribution in [0.15, 0.2) is 24.3 Å². The van der Waals surface area contributed by atoms with Gasteiger partial charge in [0.2, 0.25) is 5.91 Å². The van der Waals surface area contributed by atoms with Crippen molar-refractivity contribution in [2.75, 3.05) is 11.4 Å². The van der Waals surface area contributed by atoms with Gasteiger partial charge in [-0.1, -0.05) is 44.4 Å². The Morgan fingerprint density at radius 3 is 2.33 bits per heavy atom. The molecule has 1 aromatic rings. The van der Waals surface area contributed by atoms with E-state index in [0.717, 1.165) is 31.5 Å². The van der Waals surface area contributed by atoms with E-state index in [-0.39, 0.29) is 30.1 Å². The van der Waals surface area contributed by atoms with Crippen LogP contribution in [0.3, 0.4) is 0 Å². The van der Waals surface area contributed by atoms with Crippen molar-refractivity contribution >= 4 is 24.5 Å². The molecule has 3 N–H and O–H groups in total. The molecule has 1 aliphatic carbocycles. The Balaban J connectivity index is 1.63. The van der Waals surface area contributed by atoms with Crippen LogP contribution >= 0.6 is 0 Å². The summed E-state index contributed by atoms with van der Waals surface area (Å²) >= 11 is 0. The number of carbonyl (C=O) groups is 2. The molecule has 0 radical (unpaired) electrons. The summed E-state index contributed by atoms with van der Waals surface area (Å²) in [4.78, 5) is 28.1. The Labute approximate surface area is 180 Å². The topological polar surface area (TPSA) is 89.9 Å². The van der Waals surface area contributed by atoms with Crippen molar-refractivity contribution in [1.29, 1.82) is 0 Å². The number of carbonyl (C=O) groups excluding carboxylic acids is 2. The molecular formula is C23H35BN2O4. The molecule has 0 bridgehead atoms. The molecule has 1 saturated heterocycles. The number of rotatable bonds is 11. The average molecular weight is 414 g/mol. The van der Waals surface area contributed by atoms with Crippen molar-refractivity contribution in [3.05, 3.63) is 29.8 Å². The summed E-state index contributed by atoms with van der Waals surface area (Å²) in [7, 11) is -1.60. The van der Waals surface area contributed by atoms with Crippen LogP contribution in [0.2, 0.25) is 0 Å². The van der Waals surface area contributed by atoms with E-state index in [0.29, 0.717) is 18.8 Å². The summed E-state index contributed by atoms with van der Waals surface area (Å²) in [6.45, 7) is 6.84. The third-order valence-electron chi connectivity index (χ3n) is 6.30. The third kappa shape index (κ3) is 6.08. The fourth-order valence-electron chi connectivity index (χ4n) is 4.25. The largest absolute Gasteiger partial charge is 0.475 e. The maximum Gasteiger partial charge on any atom is 0.475 e. The minimum absolute atomic E-state index is 0.104. The van der Waals surface area contributed by atoms with Gasteiger partial charge in [0, 0.05) is 24.6 Å². The van der Waals surface area contributed by atoms with Gasteiger partial charge in [-0.3, -0.25) is 9.59 Å². The number of Topliss-reactive ketones (excluding diaryl/α,β-unsaturated/α-hetero) is 1. The molecule has 6 nitrogen and oxygen atoms in total. The van der Waals surface area contributed by atoms with E-state index in [4.69, 9.17) is 0 Å². The number of ketones is 1. The lowest BCUT2D eigenvalue weighted by Crippen LogP contribution is -2.54. The van der Waals surface area contributed by atoms with Crippen LogP contribution in [-0.4, -0.2) is 47.4 Å². The molecule has 1 aliphatic heterocycles. The number of nitrogens with one attached hydrogen (secondary N) is 1. The molecule has 1 aromatic carbocycles. The summed E-state index contributed by atoms with van der Waals surface area (Å²) in [6, 6.07) is 8.02. The maximum absolute atomic E-state index is 13.1. The van der Waals surface area contributed by atoms with Gasteiger partial charge in [-0.05, 0) is 50.2 Å². The number of amides is 1. The van der Waals surface area contributed by atoms with E-state index in [1.54, 1.807) is 0 Å². The number of aryl methyl sites for hydroxylation is 1. The molecule has 3 rings (SSSR count). The molecule has 1 amide bonds. The fourth-order valence-corrected chi connectivity index (χ4v) is 4.25. The highest BCUT2D eigenvalue weighted by Gasteiger charge is 2.39. The second-order valence-electron chi connectivity index (χ2n) is 9.54. The number of benzene rings is 1. The molecule has 1 heterocycles. The Morgan fingerprint density at radius 1 is 1.17 bits per heavy atom. The Morgan fingerprint density at radius 2 is 1.83 bits per heavy atom. The van der Waals surface area contributed by atoms with Crippen molar-refractivity contribution in [3.8, 4) is 0 Å². The fraction of sp³-hybridized carbons (Fsp3) is 0.652. The Bertz CT molecular complexity index is 733. The molecular weight excluding hydrogens is 379 g/mol. The highest BCUT2D eigenvalue weighted by atomic mass is 16.4. The summed E-state index contributed by atoms with van der Waals surface area (Å²) in [6.07, 6.45) is 4.42. The monoisotopic (exact) mass is 414 g/mol. The molecule has 3 atom stereocenters. The third-order valence-corrected chi connectivity index (χ3v) is 6.30. The van der Waals surface area contributed by atoms with E-state index < -0.39 is 19.0 Å². The lowest BCUT2D eigenvalue weighted by atomic mass is 9.74. The molecule has 30 heavy (non-hydrogen) atoms. The lowest BCUT2D eigenvalue weighted by molar-refractivity contribution is -0.131. The smallest absolute Gasteiger partial charge is 0.426 e. The highest BCUT2D eigenvalue weighted by Crippen LogP contribution is 2.37. The maximum atomic E-state index is 13.1. The zero-order valence-electron chi connectivity index (χ0n) is 18.4. The van der Waals surface area contributed by atoms with Crippen molar-refractivity contribution in [3.63, 3.8) is 0 Å². The molecule has 3 unspecified atom stereocenters. The van der Waals surface area contributed by atoms with Crippen LogP contribution in [0.5, 0.6) is 0 Å². The van der Waals surface area contributed by atoms with E-state index in [9.17, 15) is 19.6 Å². The first kappa shape index (κ1) is 22.8. The van der Waals surface area contributed by atoms with Crippen LogP contribution in [0, 0.1) is 24.7 Å². The summed E-state index contributed by atoms with van der Waals surface area (Å²) < 4.78 is 0. The van der Waals surface area contributed by atoms with Crippen LogP contribution in [-0.2, 0) is 9.59 Å². The van der Waals surface area contributed by atoms with Gasteiger partial charge in [0.15, 0.2) is 5.78 Å². The van der Waals surface area contributed by atoms with Gasteiger partial charge < -0.3 is 20.3 Å². The number of nitrogens with zero attached hydrogens (tertiary/aromatic N) is 1. The highest BCUT2D eigenvalue weighted by molar-refractivity contribution is 6.43. The quantitative estimate of drug-likeness (QED) is 0.484. The van der Waals surface area contributed by atoms with E-state index in [2.05, 4.69) is 10.2 Å². The van der Waals surface area contributed by atoms with Gasteiger partial charge in [-0.25, -0.2) is 0 Å². The molecule has 7 heteroatoms. The molecule has 2 fully saturated rings. The van der Waals surface area contributed by atoms with Crippen LogP contribution in [0.25, 0.3) is 0 Å². The first-order chi connectivity index (χ1) is 14.2. The molecule has 2 aliphatic rings. The van der Waals surface area contributed by atoms with Gasteiger partial charge in [0.25, 0.3) is 0 Å². The molecule has 164 valence electrons. The van der Waals surface area contributed by atoms with Crippen molar-refractivity contribution in [2.45, 2.75) is 71.3 Å². The van der Waals surface area contributed by atoms with E-state index in [1.165, 1.54) is 5.56 Å². The predicted molar refractivity (Wildman–Crippen MR) is 119 cm³/mol. The summed E-state index contributed by atoms with van der Waals surface area (Å²) in [5.74, 6) is -0.506. The van der Waals surface area contributed by atoms with Gasteiger partial charge in [-0.2, -0.15) is 0 Å². The second-order valence-corrected chi connectivity index (χ2v) is 9.54. The molecule has 1 saturated carbocycles. The predicted octanol–water partition coefficient (Wildman–Crippen LogP) is 2.49. The van der Waals surface area contributed by atoms with Crippen molar-refractivity contribution in [1.82, 2.24) is 5.32 Å². The van der Waals surface area contributed by atoms with Gasteiger partial charge in [0.05, 0.1) is 12.0 Å². The zero-order chi connectivity index (χ0) is 21.8. The first-order valence-electron chi connectivity index (χ1n) is 11.3. The summed E-state index contributed by atoms with van der Waals surface area (Å²) in [5.41, 5.74) is 2.24. The number of hydrogen-bond donors (Lipinski definition) is 3. The van der Waals surface area contributed by atoms with Crippen LogP contribution < -0.4 is 10.2 Å². The molecule has 0 aromatic heterocycles. The number of hydrogen-bond acceptors (Lipinski definition) is 5.